The van der Waals surface area contributed by atoms with Crippen LogP contribution in [0.4, 0.5) is 0 Å². The number of hydrogen-bond acceptors (Lipinski definition) is 5. The molecule has 7 nitrogen and oxygen atoms in total. The van der Waals surface area contributed by atoms with E-state index in [2.05, 4.69) is 10.1 Å². The van der Waals surface area contributed by atoms with Crippen molar-refractivity contribution in [3.05, 3.63) is 0 Å². The van der Waals surface area contributed by atoms with Gasteiger partial charge in [-0.05, 0) is 0 Å². The molecule has 2 unspecified atom stereocenters. The van der Waals surface area contributed by atoms with E-state index in [0.717, 1.165) is 0 Å². The molecule has 2 atom stereocenters. The third-order valence-electron chi connectivity index (χ3n) is 1.55. The van der Waals surface area contributed by atoms with Gasteiger partial charge in [0, 0.05) is 13.7 Å². The Morgan fingerprint density at radius 3 is 2.50 bits per heavy atom. The molecule has 0 aliphatic carbocycles. The second-order valence-electron chi connectivity index (χ2n) is 2.56. The van der Waals surface area contributed by atoms with E-state index >= 15 is 0 Å². The lowest BCUT2D eigenvalue weighted by Crippen LogP contribution is -2.44. The van der Waals surface area contributed by atoms with Gasteiger partial charge >= 0.3 is 5.97 Å². The molecule has 0 saturated heterocycles. The number of carboxylic acids is 1. The molecule has 0 spiro atoms. The Labute approximate surface area is 80.8 Å². The number of rotatable bonds is 6. The Balaban J connectivity index is 3.89. The van der Waals surface area contributed by atoms with Crippen molar-refractivity contribution in [2.45, 2.75) is 12.2 Å². The van der Waals surface area contributed by atoms with Crippen molar-refractivity contribution >= 4 is 11.9 Å². The van der Waals surface area contributed by atoms with E-state index in [1.54, 1.807) is 0 Å². The molecule has 0 aromatic heterocycles. The molecule has 1 amide bonds. The standard InChI is InChI=1S/C7H14N2O5/c1-14-5(2-8)6(11)9-3-4(10)7(12)13/h4-5,10H,2-3,8H2,1H3,(H,9,11)(H,12,13). The van der Waals surface area contributed by atoms with Crippen molar-refractivity contribution in [3.8, 4) is 0 Å². The highest BCUT2D eigenvalue weighted by molar-refractivity contribution is 5.82. The second-order valence-corrected chi connectivity index (χ2v) is 2.56. The van der Waals surface area contributed by atoms with Crippen LogP contribution in [-0.4, -0.2) is 54.5 Å². The minimum Gasteiger partial charge on any atom is -0.479 e. The van der Waals surface area contributed by atoms with Crippen molar-refractivity contribution < 1.29 is 24.5 Å². The van der Waals surface area contributed by atoms with Gasteiger partial charge in [0.15, 0.2) is 6.10 Å². The summed E-state index contributed by atoms with van der Waals surface area (Å²) in [4.78, 5) is 21.3. The highest BCUT2D eigenvalue weighted by atomic mass is 16.5. The number of carboxylic acid groups (broad SMARTS) is 1. The average molecular weight is 206 g/mol. The Hall–Kier alpha value is -1.18. The first-order valence-corrected chi connectivity index (χ1v) is 3.94. The maximum absolute atomic E-state index is 11.1. The largest absolute Gasteiger partial charge is 0.479 e. The second kappa shape index (κ2) is 6.30. The minimum absolute atomic E-state index is 0.00843. The quantitative estimate of drug-likeness (QED) is 0.382. The smallest absolute Gasteiger partial charge is 0.334 e. The van der Waals surface area contributed by atoms with Crippen LogP contribution in [0, 0.1) is 0 Å². The highest BCUT2D eigenvalue weighted by Crippen LogP contribution is 1.87. The van der Waals surface area contributed by atoms with Gasteiger partial charge in [0.1, 0.15) is 6.10 Å². The van der Waals surface area contributed by atoms with Gasteiger partial charge in [0.2, 0.25) is 0 Å². The number of aliphatic hydroxyl groups excluding tert-OH is 1. The molecule has 0 radical (unpaired) electrons. The summed E-state index contributed by atoms with van der Waals surface area (Å²) in [6.45, 7) is -0.375. The summed E-state index contributed by atoms with van der Waals surface area (Å²) >= 11 is 0. The molecule has 0 aromatic carbocycles. The van der Waals surface area contributed by atoms with Crippen molar-refractivity contribution in [2.24, 2.45) is 5.73 Å². The lowest BCUT2D eigenvalue weighted by Gasteiger charge is -2.13. The molecular weight excluding hydrogens is 192 g/mol. The van der Waals surface area contributed by atoms with Crippen LogP contribution in [0.2, 0.25) is 0 Å². The van der Waals surface area contributed by atoms with E-state index in [1.165, 1.54) is 7.11 Å². The number of nitrogens with two attached hydrogens (primary N) is 1. The molecular formula is C7H14N2O5. The molecule has 0 saturated carbocycles. The van der Waals surface area contributed by atoms with Gasteiger partial charge in [0.25, 0.3) is 5.91 Å². The summed E-state index contributed by atoms with van der Waals surface area (Å²) in [5.74, 6) is -1.94. The third kappa shape index (κ3) is 4.17. The predicted molar refractivity (Wildman–Crippen MR) is 46.5 cm³/mol. The van der Waals surface area contributed by atoms with Crippen LogP contribution in [0.25, 0.3) is 0 Å². The Bertz CT molecular complexity index is 204. The van der Waals surface area contributed by atoms with Crippen molar-refractivity contribution in [3.63, 3.8) is 0 Å². The number of aliphatic carboxylic acids is 1. The molecule has 7 heteroatoms. The molecule has 0 rings (SSSR count). The molecule has 0 aliphatic heterocycles. The minimum atomic E-state index is -1.62. The molecule has 0 heterocycles. The zero-order valence-electron chi connectivity index (χ0n) is 7.77. The maximum Gasteiger partial charge on any atom is 0.334 e. The monoisotopic (exact) mass is 206 g/mol. The fourth-order valence-electron chi connectivity index (χ4n) is 0.709. The number of methoxy groups -OCH3 is 1. The molecule has 14 heavy (non-hydrogen) atoms. The Morgan fingerprint density at radius 1 is 1.57 bits per heavy atom. The number of carbonyl (C=O) groups excluding carboxylic acids is 1. The molecule has 82 valence electrons. The summed E-state index contributed by atoms with van der Waals surface area (Å²) in [7, 11) is 1.31. The van der Waals surface area contributed by atoms with Crippen LogP contribution in [0.15, 0.2) is 0 Å². The summed E-state index contributed by atoms with van der Waals surface area (Å²) in [6.07, 6.45) is -2.44. The summed E-state index contributed by atoms with van der Waals surface area (Å²) < 4.78 is 4.69. The van der Waals surface area contributed by atoms with Gasteiger partial charge in [-0.2, -0.15) is 0 Å². The topological polar surface area (TPSA) is 122 Å². The number of hydrogen-bond donors (Lipinski definition) is 4. The van der Waals surface area contributed by atoms with E-state index < -0.39 is 24.1 Å². The number of amides is 1. The average Bonchev–Trinajstić information content (AvgIpc) is 2.15. The predicted octanol–water partition coefficient (Wildman–Crippen LogP) is -2.48. The van der Waals surface area contributed by atoms with E-state index in [1.807, 2.05) is 0 Å². The number of aliphatic hydroxyl groups is 1. The highest BCUT2D eigenvalue weighted by Gasteiger charge is 2.19. The van der Waals surface area contributed by atoms with Gasteiger partial charge in [-0.25, -0.2) is 4.79 Å². The Kier molecular flexibility index (Phi) is 5.77. The third-order valence-corrected chi connectivity index (χ3v) is 1.55. The van der Waals surface area contributed by atoms with Gasteiger partial charge in [-0.3, -0.25) is 4.79 Å². The van der Waals surface area contributed by atoms with Crippen LogP contribution >= 0.6 is 0 Å². The normalized spacial score (nSPS) is 14.5. The van der Waals surface area contributed by atoms with Crippen LogP contribution in [-0.2, 0) is 14.3 Å². The van der Waals surface area contributed by atoms with E-state index in [-0.39, 0.29) is 13.1 Å². The molecule has 0 fully saturated rings. The number of carbonyl (C=O) groups is 2. The lowest BCUT2D eigenvalue weighted by molar-refractivity contribution is -0.146. The van der Waals surface area contributed by atoms with Gasteiger partial charge in [0.05, 0.1) is 6.54 Å². The molecule has 0 aliphatic rings. The summed E-state index contributed by atoms with van der Waals surface area (Å²) in [6, 6.07) is 0. The maximum atomic E-state index is 11.1. The summed E-state index contributed by atoms with van der Waals surface area (Å²) in [5.41, 5.74) is 5.19. The fourth-order valence-corrected chi connectivity index (χ4v) is 0.709. The Morgan fingerprint density at radius 2 is 2.14 bits per heavy atom. The van der Waals surface area contributed by atoms with Gasteiger partial charge < -0.3 is 26.0 Å². The van der Waals surface area contributed by atoms with Crippen molar-refractivity contribution in [1.29, 1.82) is 0 Å². The van der Waals surface area contributed by atoms with E-state index in [9.17, 15) is 9.59 Å². The zero-order chi connectivity index (χ0) is 11.1. The first-order valence-electron chi connectivity index (χ1n) is 3.94. The van der Waals surface area contributed by atoms with Crippen LogP contribution < -0.4 is 11.1 Å². The number of ether oxygens (including phenoxy) is 1. The van der Waals surface area contributed by atoms with Crippen LogP contribution in [0.3, 0.4) is 0 Å². The van der Waals surface area contributed by atoms with Crippen molar-refractivity contribution in [2.75, 3.05) is 20.2 Å². The molecule has 0 aromatic rings. The SMILES string of the molecule is COC(CN)C(=O)NCC(O)C(=O)O. The lowest BCUT2D eigenvalue weighted by atomic mass is 10.3. The van der Waals surface area contributed by atoms with Crippen LogP contribution in [0.5, 0.6) is 0 Å². The van der Waals surface area contributed by atoms with E-state index in [4.69, 9.17) is 15.9 Å². The fraction of sp³-hybridized carbons (Fsp3) is 0.714. The van der Waals surface area contributed by atoms with Gasteiger partial charge in [-0.15, -0.1) is 0 Å². The summed E-state index contributed by atoms with van der Waals surface area (Å²) in [5, 5.41) is 19.3. The first-order chi connectivity index (χ1) is 6.52. The molecule has 0 bridgehead atoms. The molecule has 5 N–H and O–H groups in total. The first kappa shape index (κ1) is 12.8. The van der Waals surface area contributed by atoms with Crippen LogP contribution in [0.1, 0.15) is 0 Å². The van der Waals surface area contributed by atoms with Gasteiger partial charge in [-0.1, -0.05) is 0 Å². The zero-order valence-corrected chi connectivity index (χ0v) is 7.77. The van der Waals surface area contributed by atoms with Crippen molar-refractivity contribution in [1.82, 2.24) is 5.32 Å². The van der Waals surface area contributed by atoms with E-state index in [0.29, 0.717) is 0 Å². The number of nitrogens with one attached hydrogen (secondary N) is 1.